The number of aliphatic carboxylic acids is 1. The second-order valence-corrected chi connectivity index (χ2v) is 6.93. The van der Waals surface area contributed by atoms with Crippen LogP contribution in [0.3, 0.4) is 0 Å². The van der Waals surface area contributed by atoms with E-state index < -0.39 is 21.5 Å². The summed E-state index contributed by atoms with van der Waals surface area (Å²) in [6, 6.07) is 2.84. The summed E-state index contributed by atoms with van der Waals surface area (Å²) in [5.74, 6) is -0.679. The number of hydrogen-bond acceptors (Lipinski definition) is 5. The van der Waals surface area contributed by atoms with Gasteiger partial charge in [0.15, 0.2) is 0 Å². The van der Waals surface area contributed by atoms with Crippen LogP contribution in [0.1, 0.15) is 20.3 Å². The molecule has 1 atom stereocenters. The van der Waals surface area contributed by atoms with Gasteiger partial charge in [0, 0.05) is 20.3 Å². The highest BCUT2D eigenvalue weighted by Gasteiger charge is 2.31. The number of carboxylic acids is 1. The Morgan fingerprint density at radius 1 is 1.45 bits per heavy atom. The molecule has 0 spiro atoms. The van der Waals surface area contributed by atoms with Crippen molar-refractivity contribution in [2.75, 3.05) is 19.4 Å². The Kier molecular flexibility index (Phi) is 4.72. The number of carbonyl (C=O) groups is 1. The molecule has 20 heavy (non-hydrogen) atoms. The molecule has 0 radical (unpaired) electrons. The summed E-state index contributed by atoms with van der Waals surface area (Å²) < 4.78 is 24.8. The number of anilines is 1. The van der Waals surface area contributed by atoms with Crippen LogP contribution in [0.5, 0.6) is 0 Å². The van der Waals surface area contributed by atoms with Gasteiger partial charge in [-0.15, -0.1) is 0 Å². The van der Waals surface area contributed by atoms with Gasteiger partial charge in [-0.3, -0.25) is 0 Å². The molecule has 7 nitrogen and oxygen atoms in total. The fraction of sp³-hybridized carbons (Fsp3) is 0.500. The molecule has 2 N–H and O–H groups in total. The summed E-state index contributed by atoms with van der Waals surface area (Å²) in [7, 11) is -0.671. The smallest absolute Gasteiger partial charge is 0.329 e. The number of rotatable bonds is 6. The summed E-state index contributed by atoms with van der Waals surface area (Å²) in [5, 5.41) is 12.0. The van der Waals surface area contributed by atoms with E-state index in [1.54, 1.807) is 13.8 Å². The molecule has 1 aromatic heterocycles. The van der Waals surface area contributed by atoms with E-state index in [4.69, 9.17) is 5.11 Å². The van der Waals surface area contributed by atoms with Gasteiger partial charge in [0.05, 0.1) is 0 Å². The third kappa shape index (κ3) is 3.26. The molecule has 0 amide bonds. The third-order valence-corrected chi connectivity index (χ3v) is 4.90. The van der Waals surface area contributed by atoms with Crippen LogP contribution >= 0.6 is 0 Å². The standard InChI is InChI=1S/C12H19N3O4S/c1-5-12(2,11(16)17)14-10-7-6-9(8-13-10)20(18,19)15(3)4/h6-8H,5H2,1-4H3,(H,13,14)(H,16,17). The van der Waals surface area contributed by atoms with Crippen molar-refractivity contribution < 1.29 is 18.3 Å². The van der Waals surface area contributed by atoms with Crippen LogP contribution in [-0.2, 0) is 14.8 Å². The molecule has 0 aliphatic carbocycles. The lowest BCUT2D eigenvalue weighted by molar-refractivity contribution is -0.141. The lowest BCUT2D eigenvalue weighted by Crippen LogP contribution is -2.42. The first-order chi connectivity index (χ1) is 9.13. The van der Waals surface area contributed by atoms with Gasteiger partial charge in [-0.05, 0) is 25.5 Å². The Labute approximate surface area is 118 Å². The van der Waals surface area contributed by atoms with E-state index in [1.807, 2.05) is 0 Å². The second kappa shape index (κ2) is 5.76. The van der Waals surface area contributed by atoms with Crippen LogP contribution in [0, 0.1) is 0 Å². The lowest BCUT2D eigenvalue weighted by atomic mass is 9.99. The predicted octanol–water partition coefficient (Wildman–Crippen LogP) is 0.997. The SMILES string of the molecule is CCC(C)(Nc1ccc(S(=O)(=O)N(C)C)cn1)C(=O)O. The van der Waals surface area contributed by atoms with Crippen LogP contribution in [0.25, 0.3) is 0 Å². The Morgan fingerprint density at radius 3 is 2.40 bits per heavy atom. The van der Waals surface area contributed by atoms with E-state index in [9.17, 15) is 13.2 Å². The van der Waals surface area contributed by atoms with Crippen molar-refractivity contribution in [3.63, 3.8) is 0 Å². The minimum Gasteiger partial charge on any atom is -0.480 e. The van der Waals surface area contributed by atoms with Gasteiger partial charge in [0.25, 0.3) is 0 Å². The maximum absolute atomic E-state index is 11.9. The number of aromatic nitrogens is 1. The molecule has 112 valence electrons. The van der Waals surface area contributed by atoms with E-state index in [0.29, 0.717) is 12.2 Å². The lowest BCUT2D eigenvalue weighted by Gasteiger charge is -2.25. The quantitative estimate of drug-likeness (QED) is 0.813. The number of carboxylic acid groups (broad SMARTS) is 1. The number of nitrogens with zero attached hydrogens (tertiary/aromatic N) is 2. The van der Waals surface area contributed by atoms with Crippen LogP contribution in [-0.4, -0.2) is 48.4 Å². The average molecular weight is 301 g/mol. The van der Waals surface area contributed by atoms with Gasteiger partial charge in [-0.25, -0.2) is 22.5 Å². The molecule has 0 fully saturated rings. The van der Waals surface area contributed by atoms with Crippen molar-refractivity contribution in [1.82, 2.24) is 9.29 Å². The van der Waals surface area contributed by atoms with Crippen molar-refractivity contribution >= 4 is 21.8 Å². The van der Waals surface area contributed by atoms with Crippen molar-refractivity contribution in [3.05, 3.63) is 18.3 Å². The number of sulfonamides is 1. The average Bonchev–Trinajstić information content (AvgIpc) is 2.38. The third-order valence-electron chi connectivity index (χ3n) is 3.10. The van der Waals surface area contributed by atoms with E-state index in [1.165, 1.54) is 32.4 Å². The summed E-state index contributed by atoms with van der Waals surface area (Å²) in [6.07, 6.45) is 1.57. The molecule has 0 aliphatic rings. The normalized spacial score (nSPS) is 14.8. The molecule has 1 rings (SSSR count). The molecule has 1 aromatic rings. The monoisotopic (exact) mass is 301 g/mol. The molecule has 0 saturated heterocycles. The van der Waals surface area contributed by atoms with Gasteiger partial charge in [0.2, 0.25) is 10.0 Å². The summed E-state index contributed by atoms with van der Waals surface area (Å²) in [6.45, 7) is 3.29. The Hall–Kier alpha value is -1.67. The molecule has 0 aliphatic heterocycles. The van der Waals surface area contributed by atoms with Crippen molar-refractivity contribution in [3.8, 4) is 0 Å². The topological polar surface area (TPSA) is 99.6 Å². The van der Waals surface area contributed by atoms with E-state index in [2.05, 4.69) is 10.3 Å². The van der Waals surface area contributed by atoms with Crippen molar-refractivity contribution in [2.24, 2.45) is 0 Å². The maximum Gasteiger partial charge on any atom is 0.329 e. The summed E-state index contributed by atoms with van der Waals surface area (Å²) >= 11 is 0. The van der Waals surface area contributed by atoms with Gasteiger partial charge in [0.1, 0.15) is 16.3 Å². The zero-order chi connectivity index (χ0) is 15.6. The first kappa shape index (κ1) is 16.4. The molecule has 0 aromatic carbocycles. The fourth-order valence-electron chi connectivity index (χ4n) is 1.39. The minimum absolute atomic E-state index is 0.0570. The Morgan fingerprint density at radius 2 is 2.05 bits per heavy atom. The molecular formula is C12H19N3O4S. The predicted molar refractivity (Wildman–Crippen MR) is 75.1 cm³/mol. The number of nitrogens with one attached hydrogen (secondary N) is 1. The zero-order valence-corrected chi connectivity index (χ0v) is 12.7. The van der Waals surface area contributed by atoms with E-state index >= 15 is 0 Å². The van der Waals surface area contributed by atoms with Crippen LogP contribution in [0.2, 0.25) is 0 Å². The largest absolute Gasteiger partial charge is 0.480 e. The zero-order valence-electron chi connectivity index (χ0n) is 11.9. The molecule has 0 saturated carbocycles. The number of pyridine rings is 1. The fourth-order valence-corrected chi connectivity index (χ4v) is 2.24. The number of hydrogen-bond donors (Lipinski definition) is 2. The van der Waals surface area contributed by atoms with E-state index in [-0.39, 0.29) is 4.90 Å². The van der Waals surface area contributed by atoms with Crippen LogP contribution in [0.15, 0.2) is 23.2 Å². The Bertz CT molecular complexity index is 583. The second-order valence-electron chi connectivity index (χ2n) is 4.78. The molecule has 1 unspecified atom stereocenters. The highest BCUT2D eigenvalue weighted by atomic mass is 32.2. The van der Waals surface area contributed by atoms with Gasteiger partial charge in [-0.2, -0.15) is 0 Å². The highest BCUT2D eigenvalue weighted by molar-refractivity contribution is 7.89. The van der Waals surface area contributed by atoms with Crippen molar-refractivity contribution in [2.45, 2.75) is 30.7 Å². The first-order valence-corrected chi connectivity index (χ1v) is 7.47. The van der Waals surface area contributed by atoms with Crippen LogP contribution in [0.4, 0.5) is 5.82 Å². The highest BCUT2D eigenvalue weighted by Crippen LogP contribution is 2.19. The Balaban J connectivity index is 3.02. The molecular weight excluding hydrogens is 282 g/mol. The molecule has 0 bridgehead atoms. The van der Waals surface area contributed by atoms with Gasteiger partial charge >= 0.3 is 5.97 Å². The first-order valence-electron chi connectivity index (χ1n) is 6.03. The summed E-state index contributed by atoms with van der Waals surface area (Å²) in [5.41, 5.74) is -1.14. The van der Waals surface area contributed by atoms with E-state index in [0.717, 1.165) is 4.31 Å². The minimum atomic E-state index is -3.53. The summed E-state index contributed by atoms with van der Waals surface area (Å²) in [4.78, 5) is 15.2. The maximum atomic E-state index is 11.9. The van der Waals surface area contributed by atoms with Crippen LogP contribution < -0.4 is 5.32 Å². The van der Waals surface area contributed by atoms with Gasteiger partial charge < -0.3 is 10.4 Å². The van der Waals surface area contributed by atoms with Gasteiger partial charge in [-0.1, -0.05) is 6.92 Å². The molecule has 8 heteroatoms. The van der Waals surface area contributed by atoms with Crippen molar-refractivity contribution in [1.29, 1.82) is 0 Å². The molecule has 1 heterocycles.